The molecule has 20 heavy (non-hydrogen) atoms. The van der Waals surface area contributed by atoms with Crippen LogP contribution in [0.15, 0.2) is 22.7 Å². The van der Waals surface area contributed by atoms with Gasteiger partial charge in [-0.05, 0) is 49.3 Å². The molecule has 3 N–H and O–H groups in total. The van der Waals surface area contributed by atoms with Gasteiger partial charge in [-0.2, -0.15) is 0 Å². The Morgan fingerprint density at radius 2 is 2.15 bits per heavy atom. The average molecular weight is 353 g/mol. The summed E-state index contributed by atoms with van der Waals surface area (Å²) >= 11 is 8.45. The predicted octanol–water partition coefficient (Wildman–Crippen LogP) is 3.46. The Kier molecular flexibility index (Phi) is 3.82. The molecular formula is C15H17BrN2OS. The van der Waals surface area contributed by atoms with Crippen molar-refractivity contribution in [2.24, 2.45) is 23.5 Å². The van der Waals surface area contributed by atoms with Gasteiger partial charge >= 0.3 is 0 Å². The molecule has 2 fully saturated rings. The molecule has 0 radical (unpaired) electrons. The van der Waals surface area contributed by atoms with Crippen LogP contribution in [0.5, 0.6) is 0 Å². The van der Waals surface area contributed by atoms with Crippen LogP contribution in [0.3, 0.4) is 0 Å². The van der Waals surface area contributed by atoms with Crippen molar-refractivity contribution in [3.8, 4) is 0 Å². The highest BCUT2D eigenvalue weighted by Gasteiger charge is 2.43. The van der Waals surface area contributed by atoms with Gasteiger partial charge in [0.1, 0.15) is 4.99 Å². The number of nitrogens with one attached hydrogen (secondary N) is 1. The van der Waals surface area contributed by atoms with Crippen molar-refractivity contribution < 1.29 is 4.79 Å². The maximum Gasteiger partial charge on any atom is 0.227 e. The normalized spacial score (nSPS) is 27.6. The Labute approximate surface area is 132 Å². The minimum absolute atomic E-state index is 0.122. The van der Waals surface area contributed by atoms with Gasteiger partial charge < -0.3 is 11.1 Å². The lowest BCUT2D eigenvalue weighted by molar-refractivity contribution is -0.121. The lowest BCUT2D eigenvalue weighted by Crippen LogP contribution is -2.28. The number of amides is 1. The van der Waals surface area contributed by atoms with Crippen LogP contribution < -0.4 is 11.1 Å². The molecule has 3 atom stereocenters. The van der Waals surface area contributed by atoms with Crippen LogP contribution >= 0.6 is 28.1 Å². The van der Waals surface area contributed by atoms with Crippen LogP contribution in [0.2, 0.25) is 0 Å². The Balaban J connectivity index is 1.78. The number of fused-ring (bicyclic) bond motifs is 2. The number of hydrogen-bond donors (Lipinski definition) is 2. The third kappa shape index (κ3) is 2.61. The minimum atomic E-state index is 0.122. The maximum atomic E-state index is 12.5. The van der Waals surface area contributed by atoms with E-state index in [-0.39, 0.29) is 11.8 Å². The summed E-state index contributed by atoms with van der Waals surface area (Å²) in [6, 6.07) is 5.58. The van der Waals surface area contributed by atoms with E-state index in [0.717, 1.165) is 16.8 Å². The van der Waals surface area contributed by atoms with Crippen LogP contribution in [-0.2, 0) is 4.79 Å². The largest absolute Gasteiger partial charge is 0.389 e. The minimum Gasteiger partial charge on any atom is -0.389 e. The van der Waals surface area contributed by atoms with E-state index in [9.17, 15) is 4.79 Å². The molecule has 1 aromatic rings. The third-order valence-corrected chi connectivity index (χ3v) is 5.29. The van der Waals surface area contributed by atoms with Crippen molar-refractivity contribution in [1.82, 2.24) is 0 Å². The van der Waals surface area contributed by atoms with Gasteiger partial charge in [-0.25, -0.2) is 0 Å². The highest BCUT2D eigenvalue weighted by atomic mass is 79.9. The summed E-state index contributed by atoms with van der Waals surface area (Å²) in [5.74, 6) is 1.62. The summed E-state index contributed by atoms with van der Waals surface area (Å²) in [5.41, 5.74) is 7.16. The summed E-state index contributed by atoms with van der Waals surface area (Å²) in [6.07, 6.45) is 4.76. The lowest BCUT2D eigenvalue weighted by Gasteiger charge is -2.21. The molecule has 0 aliphatic heterocycles. The smallest absolute Gasteiger partial charge is 0.227 e. The van der Waals surface area contributed by atoms with Crippen molar-refractivity contribution in [3.05, 3.63) is 28.2 Å². The van der Waals surface area contributed by atoms with E-state index >= 15 is 0 Å². The number of carbonyl (C=O) groups is 1. The third-order valence-electron chi connectivity index (χ3n) is 4.58. The number of nitrogens with two attached hydrogens (primary N) is 1. The van der Waals surface area contributed by atoms with Gasteiger partial charge in [0.25, 0.3) is 0 Å². The summed E-state index contributed by atoms with van der Waals surface area (Å²) < 4.78 is 0.901. The first kappa shape index (κ1) is 14.0. The molecule has 1 aromatic carbocycles. The standard InChI is InChI=1S/C15H17BrN2OS/c16-10-3-4-13(12(7-10)14(17)20)18-15(19)11-6-8-1-2-9(11)5-8/h3-4,7-9,11H,1-2,5-6H2,(H2,17,20)(H,18,19). The highest BCUT2D eigenvalue weighted by molar-refractivity contribution is 9.10. The Morgan fingerprint density at radius 3 is 2.75 bits per heavy atom. The fourth-order valence-corrected chi connectivity index (χ4v) is 4.15. The zero-order valence-electron chi connectivity index (χ0n) is 11.1. The molecule has 2 saturated carbocycles. The Morgan fingerprint density at radius 1 is 1.35 bits per heavy atom. The molecule has 2 aliphatic carbocycles. The molecule has 2 bridgehead atoms. The van der Waals surface area contributed by atoms with E-state index in [4.69, 9.17) is 18.0 Å². The first-order valence-corrected chi connectivity index (χ1v) is 8.15. The second-order valence-corrected chi connectivity index (χ2v) is 7.18. The zero-order chi connectivity index (χ0) is 14.3. The summed E-state index contributed by atoms with van der Waals surface area (Å²) in [6.45, 7) is 0. The van der Waals surface area contributed by atoms with E-state index in [0.29, 0.717) is 22.2 Å². The van der Waals surface area contributed by atoms with Gasteiger partial charge in [0, 0.05) is 16.0 Å². The van der Waals surface area contributed by atoms with Crippen LogP contribution in [-0.4, -0.2) is 10.9 Å². The van der Waals surface area contributed by atoms with Gasteiger partial charge in [0.15, 0.2) is 0 Å². The molecule has 3 rings (SSSR count). The van der Waals surface area contributed by atoms with Crippen molar-refractivity contribution in [1.29, 1.82) is 0 Å². The van der Waals surface area contributed by atoms with Crippen LogP contribution in [0.1, 0.15) is 31.2 Å². The fourth-order valence-electron chi connectivity index (χ4n) is 3.62. The van der Waals surface area contributed by atoms with Crippen LogP contribution in [0, 0.1) is 17.8 Å². The summed E-state index contributed by atoms with van der Waals surface area (Å²) in [4.78, 5) is 12.8. The fraction of sp³-hybridized carbons (Fsp3) is 0.467. The number of rotatable bonds is 3. The summed E-state index contributed by atoms with van der Waals surface area (Å²) in [5, 5.41) is 3.02. The molecule has 0 spiro atoms. The second-order valence-electron chi connectivity index (χ2n) is 5.82. The predicted molar refractivity (Wildman–Crippen MR) is 87.6 cm³/mol. The second kappa shape index (κ2) is 5.45. The van der Waals surface area contributed by atoms with Gasteiger partial charge in [-0.15, -0.1) is 0 Å². The molecule has 0 saturated heterocycles. The number of thiocarbonyl (C=S) groups is 1. The number of halogens is 1. The van der Waals surface area contributed by atoms with Crippen molar-refractivity contribution in [2.75, 3.05) is 5.32 Å². The monoisotopic (exact) mass is 352 g/mol. The van der Waals surface area contributed by atoms with Gasteiger partial charge in [-0.1, -0.05) is 34.6 Å². The van der Waals surface area contributed by atoms with Gasteiger partial charge in [0.2, 0.25) is 5.91 Å². The molecule has 0 heterocycles. The van der Waals surface area contributed by atoms with Crippen LogP contribution in [0.4, 0.5) is 5.69 Å². The van der Waals surface area contributed by atoms with Crippen LogP contribution in [0.25, 0.3) is 0 Å². The molecular weight excluding hydrogens is 336 g/mol. The molecule has 3 nitrogen and oxygen atoms in total. The lowest BCUT2D eigenvalue weighted by atomic mass is 9.88. The Hall–Kier alpha value is -0.940. The first-order valence-electron chi connectivity index (χ1n) is 6.95. The number of benzene rings is 1. The molecule has 106 valence electrons. The molecule has 5 heteroatoms. The van der Waals surface area contributed by atoms with Crippen molar-refractivity contribution >= 4 is 44.7 Å². The topological polar surface area (TPSA) is 55.1 Å². The number of hydrogen-bond acceptors (Lipinski definition) is 2. The van der Waals surface area contributed by atoms with E-state index in [1.165, 1.54) is 19.3 Å². The van der Waals surface area contributed by atoms with E-state index in [1.807, 2.05) is 18.2 Å². The molecule has 2 aliphatic rings. The zero-order valence-corrected chi connectivity index (χ0v) is 13.5. The van der Waals surface area contributed by atoms with E-state index < -0.39 is 0 Å². The quantitative estimate of drug-likeness (QED) is 0.819. The maximum absolute atomic E-state index is 12.5. The highest BCUT2D eigenvalue weighted by Crippen LogP contribution is 2.48. The van der Waals surface area contributed by atoms with E-state index in [2.05, 4.69) is 21.2 Å². The molecule has 1 amide bonds. The van der Waals surface area contributed by atoms with E-state index in [1.54, 1.807) is 0 Å². The van der Waals surface area contributed by atoms with Gasteiger partial charge in [0.05, 0.1) is 5.69 Å². The first-order chi connectivity index (χ1) is 9.54. The average Bonchev–Trinajstić information content (AvgIpc) is 3.03. The SMILES string of the molecule is NC(=S)c1cc(Br)ccc1NC(=O)C1CC2CCC1C2. The van der Waals surface area contributed by atoms with Gasteiger partial charge in [-0.3, -0.25) is 4.79 Å². The Bertz CT molecular complexity index is 575. The number of anilines is 1. The summed E-state index contributed by atoms with van der Waals surface area (Å²) in [7, 11) is 0. The molecule has 3 unspecified atom stereocenters. The van der Waals surface area contributed by atoms with Crippen molar-refractivity contribution in [3.63, 3.8) is 0 Å². The molecule has 0 aromatic heterocycles. The number of carbonyl (C=O) groups excluding carboxylic acids is 1. The van der Waals surface area contributed by atoms with Crippen molar-refractivity contribution in [2.45, 2.75) is 25.7 Å².